The number of aryl methyl sites for hydroxylation is 1. The molecule has 21 heavy (non-hydrogen) atoms. The van der Waals surface area contributed by atoms with Gasteiger partial charge in [-0.15, -0.1) is 0 Å². The summed E-state index contributed by atoms with van der Waals surface area (Å²) in [6.07, 6.45) is 0. The predicted molar refractivity (Wildman–Crippen MR) is 76.6 cm³/mol. The van der Waals surface area contributed by atoms with Crippen molar-refractivity contribution in [3.63, 3.8) is 0 Å². The number of methoxy groups -OCH3 is 1. The van der Waals surface area contributed by atoms with Crippen molar-refractivity contribution in [2.24, 2.45) is 0 Å². The van der Waals surface area contributed by atoms with Gasteiger partial charge < -0.3 is 4.74 Å². The van der Waals surface area contributed by atoms with Gasteiger partial charge in [-0.05, 0) is 43.3 Å². The number of ether oxygens (including phenoxy) is 1. The molecule has 0 aliphatic carbocycles. The van der Waals surface area contributed by atoms with Crippen molar-refractivity contribution < 1.29 is 17.9 Å². The maximum Gasteiger partial charge on any atom is 0.283 e. The Morgan fingerprint density at radius 2 is 1.81 bits per heavy atom. The van der Waals surface area contributed by atoms with Gasteiger partial charge in [0.1, 0.15) is 11.4 Å². The van der Waals surface area contributed by atoms with E-state index in [1.807, 2.05) is 4.72 Å². The maximum absolute atomic E-state index is 12.1. The summed E-state index contributed by atoms with van der Waals surface area (Å²) < 4.78 is 31.1. The van der Waals surface area contributed by atoms with Gasteiger partial charge in [-0.25, -0.2) is 18.1 Å². The highest BCUT2D eigenvalue weighted by Crippen LogP contribution is 2.15. The van der Waals surface area contributed by atoms with Crippen LogP contribution in [0.3, 0.4) is 0 Å². The summed E-state index contributed by atoms with van der Waals surface area (Å²) in [7, 11) is -2.46. The van der Waals surface area contributed by atoms with Crippen molar-refractivity contribution in [2.45, 2.75) is 11.8 Å². The molecular weight excluding hydrogens is 292 g/mol. The third-order valence-electron chi connectivity index (χ3n) is 2.72. The highest BCUT2D eigenvalue weighted by molar-refractivity contribution is 7.90. The second kappa shape index (κ2) is 5.92. The lowest BCUT2D eigenvalue weighted by molar-refractivity contribution is 0.0976. The minimum Gasteiger partial charge on any atom is -0.497 e. The Bertz CT molecular complexity index is 755. The molecule has 0 saturated heterocycles. The molecule has 0 bridgehead atoms. The fourth-order valence-corrected chi connectivity index (χ4v) is 2.62. The minimum atomic E-state index is -3.94. The van der Waals surface area contributed by atoms with Gasteiger partial charge in [-0.2, -0.15) is 0 Å². The lowest BCUT2D eigenvalue weighted by Crippen LogP contribution is -2.31. The van der Waals surface area contributed by atoms with E-state index in [1.165, 1.54) is 37.4 Å². The average molecular weight is 306 g/mol. The second-order valence-electron chi connectivity index (χ2n) is 4.27. The smallest absolute Gasteiger partial charge is 0.283 e. The first kappa shape index (κ1) is 15.0. The van der Waals surface area contributed by atoms with E-state index in [4.69, 9.17) is 4.74 Å². The zero-order valence-electron chi connectivity index (χ0n) is 11.5. The third kappa shape index (κ3) is 3.57. The number of sulfonamides is 1. The Hall–Kier alpha value is -2.41. The first-order valence-corrected chi connectivity index (χ1v) is 7.55. The molecule has 6 nitrogen and oxygen atoms in total. The van der Waals surface area contributed by atoms with Gasteiger partial charge in [0.2, 0.25) is 0 Å². The average Bonchev–Trinajstić information content (AvgIpc) is 2.47. The lowest BCUT2D eigenvalue weighted by Gasteiger charge is -2.07. The number of hydrogen-bond acceptors (Lipinski definition) is 5. The zero-order chi connectivity index (χ0) is 15.5. The fourth-order valence-electron chi connectivity index (χ4n) is 1.66. The van der Waals surface area contributed by atoms with E-state index in [0.29, 0.717) is 11.4 Å². The van der Waals surface area contributed by atoms with Crippen LogP contribution in [0.4, 0.5) is 0 Å². The molecule has 2 rings (SSSR count). The van der Waals surface area contributed by atoms with Gasteiger partial charge in [0.25, 0.3) is 15.9 Å². The number of nitrogens with one attached hydrogen (secondary N) is 1. The second-order valence-corrected chi connectivity index (χ2v) is 5.96. The molecule has 0 aliphatic rings. The Morgan fingerprint density at radius 3 is 2.38 bits per heavy atom. The molecular formula is C14H14N2O4S. The molecule has 0 aliphatic heterocycles. The molecule has 1 N–H and O–H groups in total. The number of aromatic nitrogens is 1. The molecule has 0 spiro atoms. The molecule has 7 heteroatoms. The van der Waals surface area contributed by atoms with E-state index in [1.54, 1.807) is 19.1 Å². The van der Waals surface area contributed by atoms with Crippen molar-refractivity contribution >= 4 is 15.9 Å². The summed E-state index contributed by atoms with van der Waals surface area (Å²) in [6, 6.07) is 10.5. The van der Waals surface area contributed by atoms with Gasteiger partial charge in [-0.3, -0.25) is 4.79 Å². The van der Waals surface area contributed by atoms with Crippen LogP contribution in [0, 0.1) is 6.92 Å². The Morgan fingerprint density at radius 1 is 1.14 bits per heavy atom. The van der Waals surface area contributed by atoms with Crippen molar-refractivity contribution in [2.75, 3.05) is 7.11 Å². The van der Waals surface area contributed by atoms with Crippen LogP contribution >= 0.6 is 0 Å². The van der Waals surface area contributed by atoms with Crippen molar-refractivity contribution in [3.8, 4) is 5.75 Å². The number of carbonyl (C=O) groups is 1. The number of carbonyl (C=O) groups excluding carboxylic acids is 1. The molecule has 0 atom stereocenters. The summed E-state index contributed by atoms with van der Waals surface area (Å²) in [5.41, 5.74) is 0.677. The highest BCUT2D eigenvalue weighted by atomic mass is 32.2. The van der Waals surface area contributed by atoms with Crippen LogP contribution in [-0.2, 0) is 10.0 Å². The van der Waals surface area contributed by atoms with Crippen LogP contribution in [0.25, 0.3) is 0 Å². The molecule has 0 saturated carbocycles. The van der Waals surface area contributed by atoms with Gasteiger partial charge in [0.15, 0.2) is 0 Å². The van der Waals surface area contributed by atoms with Crippen molar-refractivity contribution in [1.82, 2.24) is 9.71 Å². The summed E-state index contributed by atoms with van der Waals surface area (Å²) in [5, 5.41) is 0. The Balaban J connectivity index is 2.22. The Kier molecular flexibility index (Phi) is 4.23. The van der Waals surface area contributed by atoms with E-state index in [9.17, 15) is 13.2 Å². The van der Waals surface area contributed by atoms with Crippen LogP contribution in [0.1, 0.15) is 16.2 Å². The van der Waals surface area contributed by atoms with Crippen molar-refractivity contribution in [1.29, 1.82) is 0 Å². The van der Waals surface area contributed by atoms with E-state index < -0.39 is 15.9 Å². The molecule has 0 fully saturated rings. The fraction of sp³-hybridized carbons (Fsp3) is 0.143. The zero-order valence-corrected chi connectivity index (χ0v) is 12.3. The van der Waals surface area contributed by atoms with Gasteiger partial charge in [-0.1, -0.05) is 6.07 Å². The molecule has 1 aromatic heterocycles. The Labute approximate surface area is 122 Å². The monoisotopic (exact) mass is 306 g/mol. The van der Waals surface area contributed by atoms with E-state index in [2.05, 4.69) is 4.98 Å². The van der Waals surface area contributed by atoms with Crippen molar-refractivity contribution in [3.05, 3.63) is 53.9 Å². The summed E-state index contributed by atoms with van der Waals surface area (Å²) >= 11 is 0. The number of benzene rings is 1. The summed E-state index contributed by atoms with van der Waals surface area (Å²) in [5.74, 6) is -0.241. The maximum atomic E-state index is 12.1. The lowest BCUT2D eigenvalue weighted by atomic mass is 10.3. The first-order valence-electron chi connectivity index (χ1n) is 6.07. The summed E-state index contributed by atoms with van der Waals surface area (Å²) in [6.45, 7) is 1.72. The highest BCUT2D eigenvalue weighted by Gasteiger charge is 2.19. The molecule has 110 valence electrons. The molecule has 1 heterocycles. The largest absolute Gasteiger partial charge is 0.497 e. The van der Waals surface area contributed by atoms with Gasteiger partial charge in [0.05, 0.1) is 12.0 Å². The normalized spacial score (nSPS) is 11.0. The number of pyridine rings is 1. The number of rotatable bonds is 4. The third-order valence-corrected chi connectivity index (χ3v) is 4.06. The van der Waals surface area contributed by atoms with Crippen LogP contribution in [0.15, 0.2) is 47.4 Å². The number of amides is 1. The quantitative estimate of drug-likeness (QED) is 0.925. The van der Waals surface area contributed by atoms with Crippen LogP contribution in [0.5, 0.6) is 5.75 Å². The molecule has 1 aromatic carbocycles. The van der Waals surface area contributed by atoms with E-state index >= 15 is 0 Å². The van der Waals surface area contributed by atoms with Crippen LogP contribution in [0.2, 0.25) is 0 Å². The minimum absolute atomic E-state index is 0.0238. The van der Waals surface area contributed by atoms with Crippen LogP contribution in [-0.4, -0.2) is 26.4 Å². The molecule has 1 amide bonds. The topological polar surface area (TPSA) is 85.4 Å². The van der Waals surface area contributed by atoms with Crippen LogP contribution < -0.4 is 9.46 Å². The van der Waals surface area contributed by atoms with E-state index in [0.717, 1.165) is 0 Å². The molecule has 0 radical (unpaired) electrons. The molecule has 2 aromatic rings. The SMILES string of the molecule is COc1ccc(S(=O)(=O)NC(=O)c2cccc(C)n2)cc1. The molecule has 0 unspecified atom stereocenters. The number of nitrogens with zero attached hydrogens (tertiary/aromatic N) is 1. The predicted octanol–water partition coefficient (Wildman–Crippen LogP) is 1.52. The van der Waals surface area contributed by atoms with Gasteiger partial charge in [0, 0.05) is 5.69 Å². The number of hydrogen-bond donors (Lipinski definition) is 1. The van der Waals surface area contributed by atoms with Gasteiger partial charge >= 0.3 is 0 Å². The first-order chi connectivity index (χ1) is 9.92. The van der Waals surface area contributed by atoms with E-state index in [-0.39, 0.29) is 10.6 Å². The standard InChI is InChI=1S/C14H14N2O4S/c1-10-4-3-5-13(15-10)14(17)16-21(18,19)12-8-6-11(20-2)7-9-12/h3-9H,1-2H3,(H,16,17). The summed E-state index contributed by atoms with van der Waals surface area (Å²) in [4.78, 5) is 15.9.